The highest BCUT2D eigenvalue weighted by Crippen LogP contribution is 2.21. The molecule has 134 valence electrons. The van der Waals surface area contributed by atoms with E-state index >= 15 is 0 Å². The van der Waals surface area contributed by atoms with Crippen molar-refractivity contribution in [2.24, 2.45) is 0 Å². The molecule has 3 aromatic rings. The second-order valence-corrected chi connectivity index (χ2v) is 6.86. The quantitative estimate of drug-likeness (QED) is 0.455. The van der Waals surface area contributed by atoms with E-state index in [0.29, 0.717) is 9.76 Å². The fourth-order valence-electron chi connectivity index (χ4n) is 2.11. The van der Waals surface area contributed by atoms with Crippen LogP contribution < -0.4 is 15.6 Å². The van der Waals surface area contributed by atoms with Crippen molar-refractivity contribution in [3.05, 3.63) is 57.7 Å². The summed E-state index contributed by atoms with van der Waals surface area (Å²) in [5.41, 5.74) is 0.664. The van der Waals surface area contributed by atoms with Gasteiger partial charge in [0.2, 0.25) is 5.91 Å². The van der Waals surface area contributed by atoms with E-state index in [-0.39, 0.29) is 22.9 Å². The van der Waals surface area contributed by atoms with Crippen molar-refractivity contribution in [3.63, 3.8) is 0 Å². The maximum absolute atomic E-state index is 12.1. The molecule has 0 aliphatic heterocycles. The molecule has 8 nitrogen and oxygen atoms in total. The minimum absolute atomic E-state index is 0.0877. The van der Waals surface area contributed by atoms with Crippen molar-refractivity contribution in [2.75, 3.05) is 18.2 Å². The highest BCUT2D eigenvalue weighted by Gasteiger charge is 2.11. The first kappa shape index (κ1) is 18.2. The van der Waals surface area contributed by atoms with Crippen LogP contribution in [0.15, 0.2) is 57.3 Å². The normalized spacial score (nSPS) is 10.5. The number of pyridine rings is 1. The first-order valence-electron chi connectivity index (χ1n) is 7.43. The van der Waals surface area contributed by atoms with Crippen LogP contribution in [0, 0.1) is 0 Å². The van der Waals surface area contributed by atoms with Crippen LogP contribution in [-0.2, 0) is 4.79 Å². The van der Waals surface area contributed by atoms with Crippen LogP contribution in [0.2, 0.25) is 0 Å². The summed E-state index contributed by atoms with van der Waals surface area (Å²) in [5.74, 6) is 0.520. The number of hydrogen-bond acceptors (Lipinski definition) is 6. The SMILES string of the molecule is COc1ccc(-n2cnnc2SCC(=O)Nc2ccc(Br)[nH]c2=O)cc1. The molecule has 2 heterocycles. The molecule has 10 heteroatoms. The number of carbonyl (C=O) groups excluding carboxylic acids is 1. The Balaban J connectivity index is 1.65. The van der Waals surface area contributed by atoms with E-state index in [1.165, 1.54) is 17.8 Å². The number of nitrogens with zero attached hydrogens (tertiary/aromatic N) is 3. The Bertz CT molecular complexity index is 971. The number of rotatable bonds is 6. The molecule has 1 amide bonds. The molecule has 0 spiro atoms. The zero-order valence-electron chi connectivity index (χ0n) is 13.6. The van der Waals surface area contributed by atoms with Gasteiger partial charge in [0.15, 0.2) is 5.16 Å². The van der Waals surface area contributed by atoms with Gasteiger partial charge in [-0.05, 0) is 52.3 Å². The summed E-state index contributed by atoms with van der Waals surface area (Å²) in [6.07, 6.45) is 1.57. The average molecular weight is 436 g/mol. The molecule has 1 aromatic carbocycles. The van der Waals surface area contributed by atoms with Gasteiger partial charge in [-0.2, -0.15) is 0 Å². The largest absolute Gasteiger partial charge is 0.497 e. The number of hydrogen-bond donors (Lipinski definition) is 2. The summed E-state index contributed by atoms with van der Waals surface area (Å²) < 4.78 is 7.45. The molecule has 0 bridgehead atoms. The number of methoxy groups -OCH3 is 1. The number of nitrogens with one attached hydrogen (secondary N) is 2. The molecule has 2 N–H and O–H groups in total. The van der Waals surface area contributed by atoms with Crippen LogP contribution >= 0.6 is 27.7 Å². The molecule has 0 radical (unpaired) electrons. The Morgan fingerprint density at radius 3 is 2.77 bits per heavy atom. The Morgan fingerprint density at radius 2 is 2.08 bits per heavy atom. The van der Waals surface area contributed by atoms with Gasteiger partial charge in [0, 0.05) is 5.69 Å². The first-order valence-corrected chi connectivity index (χ1v) is 9.20. The summed E-state index contributed by atoms with van der Waals surface area (Å²) in [5, 5.41) is 11.1. The number of H-pyrrole nitrogens is 1. The summed E-state index contributed by atoms with van der Waals surface area (Å²) >= 11 is 4.38. The molecular formula is C16H14BrN5O3S. The number of anilines is 1. The topological polar surface area (TPSA) is 102 Å². The number of thioether (sulfide) groups is 1. The smallest absolute Gasteiger partial charge is 0.272 e. The van der Waals surface area contributed by atoms with Crippen molar-refractivity contribution in [1.29, 1.82) is 0 Å². The zero-order valence-corrected chi connectivity index (χ0v) is 16.0. The van der Waals surface area contributed by atoms with Gasteiger partial charge in [0.25, 0.3) is 5.56 Å². The van der Waals surface area contributed by atoms with E-state index in [9.17, 15) is 9.59 Å². The Hall–Kier alpha value is -2.59. The van der Waals surface area contributed by atoms with Crippen molar-refractivity contribution in [3.8, 4) is 11.4 Å². The fraction of sp³-hybridized carbons (Fsp3) is 0.125. The molecule has 0 saturated heterocycles. The van der Waals surface area contributed by atoms with E-state index in [4.69, 9.17) is 4.74 Å². The average Bonchev–Trinajstić information content (AvgIpc) is 3.11. The highest BCUT2D eigenvalue weighted by molar-refractivity contribution is 9.10. The minimum atomic E-state index is -0.376. The van der Waals surface area contributed by atoms with Crippen molar-refractivity contribution in [2.45, 2.75) is 5.16 Å². The summed E-state index contributed by atoms with van der Waals surface area (Å²) in [6.45, 7) is 0. The van der Waals surface area contributed by atoms with E-state index < -0.39 is 0 Å². The third-order valence-electron chi connectivity index (χ3n) is 3.35. The van der Waals surface area contributed by atoms with Crippen molar-refractivity contribution < 1.29 is 9.53 Å². The van der Waals surface area contributed by atoms with Crippen molar-refractivity contribution >= 4 is 39.3 Å². The minimum Gasteiger partial charge on any atom is -0.497 e. The van der Waals surface area contributed by atoms with Gasteiger partial charge in [-0.1, -0.05) is 11.8 Å². The second kappa shape index (κ2) is 8.19. The van der Waals surface area contributed by atoms with Gasteiger partial charge in [-0.15, -0.1) is 10.2 Å². The standard InChI is InChI=1S/C16H14BrN5O3S/c1-25-11-4-2-10(3-5-11)22-9-18-21-16(22)26-8-14(23)19-12-6-7-13(17)20-15(12)24/h2-7,9H,8H2,1H3,(H,19,23)(H,20,24). The van der Waals surface area contributed by atoms with Crippen molar-refractivity contribution in [1.82, 2.24) is 19.7 Å². The predicted molar refractivity (Wildman–Crippen MR) is 102 cm³/mol. The van der Waals surface area contributed by atoms with Gasteiger partial charge in [-0.3, -0.25) is 14.2 Å². The van der Waals surface area contributed by atoms with Crippen LogP contribution in [0.5, 0.6) is 5.75 Å². The first-order chi connectivity index (χ1) is 12.6. The Kier molecular flexibility index (Phi) is 5.74. The molecule has 26 heavy (non-hydrogen) atoms. The summed E-state index contributed by atoms with van der Waals surface area (Å²) in [6, 6.07) is 10.6. The van der Waals surface area contributed by atoms with Crippen LogP contribution in [0.1, 0.15) is 0 Å². The molecule has 0 atom stereocenters. The van der Waals surface area contributed by atoms with Crippen LogP contribution in [0.25, 0.3) is 5.69 Å². The lowest BCUT2D eigenvalue weighted by atomic mass is 10.3. The summed E-state index contributed by atoms with van der Waals surface area (Å²) in [4.78, 5) is 26.4. The number of halogens is 1. The lowest BCUT2D eigenvalue weighted by molar-refractivity contribution is -0.113. The number of benzene rings is 1. The summed E-state index contributed by atoms with van der Waals surface area (Å²) in [7, 11) is 1.60. The fourth-order valence-corrected chi connectivity index (χ4v) is 3.15. The number of amides is 1. The lowest BCUT2D eigenvalue weighted by Crippen LogP contribution is -2.21. The molecule has 3 rings (SSSR count). The molecule has 0 saturated carbocycles. The zero-order chi connectivity index (χ0) is 18.5. The van der Waals surface area contributed by atoms with E-state index in [1.807, 2.05) is 24.3 Å². The number of carbonyl (C=O) groups is 1. The van der Waals surface area contributed by atoms with Crippen LogP contribution in [-0.4, -0.2) is 38.5 Å². The Labute approximate surface area is 161 Å². The number of aromatic nitrogens is 4. The maximum Gasteiger partial charge on any atom is 0.272 e. The van der Waals surface area contributed by atoms with Crippen LogP contribution in [0.3, 0.4) is 0 Å². The molecule has 0 aliphatic rings. The van der Waals surface area contributed by atoms with Crippen LogP contribution in [0.4, 0.5) is 5.69 Å². The van der Waals surface area contributed by atoms with Gasteiger partial charge in [-0.25, -0.2) is 0 Å². The monoisotopic (exact) mass is 435 g/mol. The van der Waals surface area contributed by atoms with E-state index in [1.54, 1.807) is 24.1 Å². The van der Waals surface area contributed by atoms with E-state index in [0.717, 1.165) is 11.4 Å². The molecular weight excluding hydrogens is 422 g/mol. The molecule has 2 aromatic heterocycles. The third-order valence-corrected chi connectivity index (χ3v) is 4.75. The van der Waals surface area contributed by atoms with E-state index in [2.05, 4.69) is 36.4 Å². The number of aromatic amines is 1. The second-order valence-electron chi connectivity index (χ2n) is 5.07. The highest BCUT2D eigenvalue weighted by atomic mass is 79.9. The van der Waals surface area contributed by atoms with Gasteiger partial charge < -0.3 is 15.0 Å². The molecule has 0 fully saturated rings. The van der Waals surface area contributed by atoms with Gasteiger partial charge >= 0.3 is 0 Å². The maximum atomic E-state index is 12.1. The van der Waals surface area contributed by atoms with Gasteiger partial charge in [0.1, 0.15) is 17.8 Å². The third kappa shape index (κ3) is 4.33. The lowest BCUT2D eigenvalue weighted by Gasteiger charge is -2.07. The van der Waals surface area contributed by atoms with Gasteiger partial charge in [0.05, 0.1) is 17.5 Å². The number of ether oxygens (including phenoxy) is 1. The predicted octanol–water partition coefficient (Wildman–Crippen LogP) is 2.46. The molecule has 0 aliphatic carbocycles. The Morgan fingerprint density at radius 1 is 1.31 bits per heavy atom. The molecule has 0 unspecified atom stereocenters.